The van der Waals surface area contributed by atoms with Crippen LogP contribution < -0.4 is 5.32 Å². The zero-order valence-corrected chi connectivity index (χ0v) is 9.69. The Balaban J connectivity index is 2.14. The van der Waals surface area contributed by atoms with Crippen molar-refractivity contribution in [1.29, 1.82) is 0 Å². The van der Waals surface area contributed by atoms with Crippen molar-refractivity contribution in [3.8, 4) is 0 Å². The van der Waals surface area contributed by atoms with Crippen molar-refractivity contribution >= 4 is 11.7 Å². The average Bonchev–Trinajstić information content (AvgIpc) is 2.81. The van der Waals surface area contributed by atoms with E-state index in [2.05, 4.69) is 25.5 Å². The molecule has 0 aliphatic heterocycles. The number of hydrogen-bond donors (Lipinski definition) is 2. The molecule has 0 aliphatic rings. The third-order valence-corrected chi connectivity index (χ3v) is 2.31. The van der Waals surface area contributed by atoms with E-state index in [-0.39, 0.29) is 11.7 Å². The van der Waals surface area contributed by atoms with Crippen LogP contribution in [0.15, 0.2) is 18.3 Å². The largest absolute Gasteiger partial charge is 0.304 e. The van der Waals surface area contributed by atoms with Gasteiger partial charge in [0.05, 0.1) is 0 Å². The van der Waals surface area contributed by atoms with Crippen LogP contribution in [-0.4, -0.2) is 26.1 Å². The standard InChI is InChI=1S/C11H13N5O/c1-3-8-13-10(16-15-8)11(17)14-9-7(2)5-4-6-12-9/h4-6H,3H2,1-2H3,(H,12,14,17)(H,13,15,16). The summed E-state index contributed by atoms with van der Waals surface area (Å²) in [5.74, 6) is 0.989. The van der Waals surface area contributed by atoms with E-state index in [0.717, 1.165) is 5.56 Å². The van der Waals surface area contributed by atoms with E-state index < -0.39 is 0 Å². The number of anilines is 1. The minimum atomic E-state index is -0.359. The lowest BCUT2D eigenvalue weighted by atomic mass is 10.3. The van der Waals surface area contributed by atoms with Crippen LogP contribution in [0.5, 0.6) is 0 Å². The van der Waals surface area contributed by atoms with Gasteiger partial charge in [-0.3, -0.25) is 9.89 Å². The first-order valence-corrected chi connectivity index (χ1v) is 5.35. The molecule has 0 aromatic carbocycles. The fraction of sp³-hybridized carbons (Fsp3) is 0.273. The number of rotatable bonds is 3. The lowest BCUT2D eigenvalue weighted by molar-refractivity contribution is 0.101. The lowest BCUT2D eigenvalue weighted by Crippen LogP contribution is -2.15. The molecule has 2 N–H and O–H groups in total. The van der Waals surface area contributed by atoms with Crippen molar-refractivity contribution in [2.45, 2.75) is 20.3 Å². The first kappa shape index (κ1) is 11.3. The van der Waals surface area contributed by atoms with Crippen molar-refractivity contribution in [1.82, 2.24) is 20.2 Å². The van der Waals surface area contributed by atoms with Gasteiger partial charge in [0.15, 0.2) is 0 Å². The van der Waals surface area contributed by atoms with Gasteiger partial charge in [-0.05, 0) is 18.6 Å². The lowest BCUT2D eigenvalue weighted by Gasteiger charge is -2.03. The summed E-state index contributed by atoms with van der Waals surface area (Å²) >= 11 is 0. The van der Waals surface area contributed by atoms with Crippen LogP contribution in [0.25, 0.3) is 0 Å². The van der Waals surface area contributed by atoms with Crippen LogP contribution in [0.3, 0.4) is 0 Å². The highest BCUT2D eigenvalue weighted by atomic mass is 16.2. The van der Waals surface area contributed by atoms with Crippen LogP contribution in [-0.2, 0) is 6.42 Å². The Morgan fingerprint density at radius 2 is 2.35 bits per heavy atom. The summed E-state index contributed by atoms with van der Waals surface area (Å²) < 4.78 is 0. The number of hydrogen-bond acceptors (Lipinski definition) is 4. The molecule has 0 atom stereocenters. The predicted octanol–water partition coefficient (Wildman–Crippen LogP) is 1.32. The molecular weight excluding hydrogens is 218 g/mol. The van der Waals surface area contributed by atoms with Crippen LogP contribution in [0, 0.1) is 6.92 Å². The third-order valence-electron chi connectivity index (χ3n) is 2.31. The minimum Gasteiger partial charge on any atom is -0.304 e. The molecule has 0 fully saturated rings. The van der Waals surface area contributed by atoms with E-state index in [0.29, 0.717) is 18.1 Å². The van der Waals surface area contributed by atoms with E-state index in [1.54, 1.807) is 6.20 Å². The molecule has 6 heteroatoms. The summed E-state index contributed by atoms with van der Waals surface area (Å²) in [7, 11) is 0. The van der Waals surface area contributed by atoms with E-state index in [1.165, 1.54) is 0 Å². The van der Waals surface area contributed by atoms with Crippen LogP contribution in [0.4, 0.5) is 5.82 Å². The predicted molar refractivity (Wildman–Crippen MR) is 62.7 cm³/mol. The van der Waals surface area contributed by atoms with E-state index in [9.17, 15) is 4.79 Å². The number of H-pyrrole nitrogens is 1. The number of amides is 1. The highest BCUT2D eigenvalue weighted by Gasteiger charge is 2.13. The average molecular weight is 231 g/mol. The maximum atomic E-state index is 11.8. The zero-order valence-electron chi connectivity index (χ0n) is 9.69. The first-order valence-electron chi connectivity index (χ1n) is 5.35. The number of carbonyl (C=O) groups excluding carboxylic acids is 1. The van der Waals surface area contributed by atoms with Crippen molar-refractivity contribution in [3.63, 3.8) is 0 Å². The highest BCUT2D eigenvalue weighted by Crippen LogP contribution is 2.09. The molecule has 88 valence electrons. The number of aromatic nitrogens is 4. The fourth-order valence-electron chi connectivity index (χ4n) is 1.33. The van der Waals surface area contributed by atoms with Gasteiger partial charge in [0.25, 0.3) is 5.91 Å². The van der Waals surface area contributed by atoms with Crippen molar-refractivity contribution < 1.29 is 4.79 Å². The molecule has 0 radical (unpaired) electrons. The molecule has 2 rings (SSSR count). The molecule has 2 heterocycles. The molecule has 0 unspecified atom stereocenters. The molecule has 17 heavy (non-hydrogen) atoms. The highest BCUT2D eigenvalue weighted by molar-refractivity contribution is 6.01. The minimum absolute atomic E-state index is 0.131. The van der Waals surface area contributed by atoms with Crippen LogP contribution in [0.1, 0.15) is 28.9 Å². The normalized spacial score (nSPS) is 10.2. The topological polar surface area (TPSA) is 83.6 Å². The van der Waals surface area contributed by atoms with E-state index >= 15 is 0 Å². The summed E-state index contributed by atoms with van der Waals surface area (Å²) in [5.41, 5.74) is 0.895. The Morgan fingerprint density at radius 3 is 3.00 bits per heavy atom. The SMILES string of the molecule is CCc1nc(C(=O)Nc2ncccc2C)n[nH]1. The molecule has 2 aromatic heterocycles. The van der Waals surface area contributed by atoms with E-state index in [4.69, 9.17) is 0 Å². The van der Waals surface area contributed by atoms with E-state index in [1.807, 2.05) is 26.0 Å². The second-order valence-corrected chi connectivity index (χ2v) is 3.58. The van der Waals surface area contributed by atoms with Gasteiger partial charge in [0.2, 0.25) is 5.82 Å². The second kappa shape index (κ2) is 4.73. The molecule has 1 amide bonds. The smallest absolute Gasteiger partial charge is 0.296 e. The number of nitrogens with one attached hydrogen (secondary N) is 2. The van der Waals surface area contributed by atoms with Gasteiger partial charge >= 0.3 is 0 Å². The summed E-state index contributed by atoms with van der Waals surface area (Å²) in [5, 5.41) is 9.20. The Kier molecular flexibility index (Phi) is 3.13. The second-order valence-electron chi connectivity index (χ2n) is 3.58. The summed E-state index contributed by atoms with van der Waals surface area (Å²) in [4.78, 5) is 19.9. The van der Waals surface area contributed by atoms with Crippen molar-refractivity contribution in [3.05, 3.63) is 35.5 Å². The molecular formula is C11H13N5O. The number of aryl methyl sites for hydroxylation is 2. The van der Waals surface area contributed by atoms with Gasteiger partial charge in [-0.1, -0.05) is 13.0 Å². The zero-order chi connectivity index (χ0) is 12.3. The summed E-state index contributed by atoms with van der Waals surface area (Å²) in [6, 6.07) is 3.69. The van der Waals surface area contributed by atoms with Gasteiger partial charge in [-0.15, -0.1) is 5.10 Å². The quantitative estimate of drug-likeness (QED) is 0.834. The molecule has 0 aliphatic carbocycles. The van der Waals surface area contributed by atoms with Crippen LogP contribution >= 0.6 is 0 Å². The molecule has 6 nitrogen and oxygen atoms in total. The van der Waals surface area contributed by atoms with Gasteiger partial charge in [-0.2, -0.15) is 0 Å². The Bertz CT molecular complexity index is 534. The van der Waals surface area contributed by atoms with Crippen molar-refractivity contribution in [2.75, 3.05) is 5.32 Å². The summed E-state index contributed by atoms with van der Waals surface area (Å²) in [6.45, 7) is 3.81. The van der Waals surface area contributed by atoms with Crippen LogP contribution in [0.2, 0.25) is 0 Å². The number of aromatic amines is 1. The summed E-state index contributed by atoms with van der Waals surface area (Å²) in [6.07, 6.45) is 2.33. The number of nitrogens with zero attached hydrogens (tertiary/aromatic N) is 3. The third kappa shape index (κ3) is 2.47. The molecule has 0 saturated carbocycles. The van der Waals surface area contributed by atoms with Crippen molar-refractivity contribution in [2.24, 2.45) is 0 Å². The van der Waals surface area contributed by atoms with Gasteiger partial charge < -0.3 is 5.32 Å². The Hall–Kier alpha value is -2.24. The Labute approximate surface area is 98.5 Å². The maximum Gasteiger partial charge on any atom is 0.296 e. The first-order chi connectivity index (χ1) is 8.20. The molecule has 0 spiro atoms. The molecule has 0 saturated heterocycles. The van der Waals surface area contributed by atoms with Gasteiger partial charge in [-0.25, -0.2) is 9.97 Å². The Morgan fingerprint density at radius 1 is 1.53 bits per heavy atom. The monoisotopic (exact) mass is 231 g/mol. The number of pyridine rings is 1. The molecule has 2 aromatic rings. The van der Waals surface area contributed by atoms with Gasteiger partial charge in [0.1, 0.15) is 11.6 Å². The van der Waals surface area contributed by atoms with Gasteiger partial charge in [0, 0.05) is 12.6 Å². The fourth-order valence-corrected chi connectivity index (χ4v) is 1.33. The number of carbonyl (C=O) groups is 1. The maximum absolute atomic E-state index is 11.8. The molecule has 0 bridgehead atoms.